The molecule has 0 spiro atoms. The Morgan fingerprint density at radius 1 is 1.35 bits per heavy atom. The number of carbonyl (C=O) groups is 1. The van der Waals surface area contributed by atoms with Crippen molar-refractivity contribution in [2.45, 2.75) is 6.54 Å². The van der Waals surface area contributed by atoms with E-state index in [2.05, 4.69) is 19.9 Å². The first-order chi connectivity index (χ1) is 12.4. The van der Waals surface area contributed by atoms with Crippen LogP contribution in [0, 0.1) is 0 Å². The molecule has 1 amide bonds. The molecule has 10 heteroatoms. The summed E-state index contributed by atoms with van der Waals surface area (Å²) in [4.78, 5) is 19.1. The molecular weight excluding hydrogens is 376 g/mol. The standard InChI is InChI=1S/C16H20N4O4S2/c1-26(22,23)19-13-4-2-3-12(9-13)15(21)18-16-17-14(11-25-16)10-20-5-7-24-8-6-20/h2-4,9,11,19H,5-8,10H2,1H3,(H,17,18,21). The molecule has 1 fully saturated rings. The highest BCUT2D eigenvalue weighted by Crippen LogP contribution is 2.19. The lowest BCUT2D eigenvalue weighted by Crippen LogP contribution is -2.35. The van der Waals surface area contributed by atoms with Crippen LogP contribution in [-0.4, -0.2) is 56.8 Å². The van der Waals surface area contributed by atoms with Gasteiger partial charge in [-0.15, -0.1) is 11.3 Å². The van der Waals surface area contributed by atoms with E-state index >= 15 is 0 Å². The summed E-state index contributed by atoms with van der Waals surface area (Å²) >= 11 is 1.36. The highest BCUT2D eigenvalue weighted by Gasteiger charge is 2.14. The van der Waals surface area contributed by atoms with Crippen molar-refractivity contribution in [2.24, 2.45) is 0 Å². The fraction of sp³-hybridized carbons (Fsp3) is 0.375. The second-order valence-corrected chi connectivity index (χ2v) is 8.55. The summed E-state index contributed by atoms with van der Waals surface area (Å²) in [7, 11) is -3.39. The van der Waals surface area contributed by atoms with Crippen molar-refractivity contribution in [3.8, 4) is 0 Å². The molecule has 0 bridgehead atoms. The number of thiazole rings is 1. The molecular formula is C16H20N4O4S2. The van der Waals surface area contributed by atoms with E-state index in [4.69, 9.17) is 4.74 Å². The molecule has 3 rings (SSSR count). The minimum atomic E-state index is -3.39. The minimum absolute atomic E-state index is 0.338. The minimum Gasteiger partial charge on any atom is -0.379 e. The van der Waals surface area contributed by atoms with Crippen LogP contribution in [0.3, 0.4) is 0 Å². The topological polar surface area (TPSA) is 101 Å². The van der Waals surface area contributed by atoms with Crippen LogP contribution < -0.4 is 10.0 Å². The number of amides is 1. The molecule has 2 aromatic rings. The zero-order valence-electron chi connectivity index (χ0n) is 14.3. The highest BCUT2D eigenvalue weighted by molar-refractivity contribution is 7.92. The molecule has 140 valence electrons. The summed E-state index contributed by atoms with van der Waals surface area (Å²) in [5.41, 5.74) is 1.59. The lowest BCUT2D eigenvalue weighted by Gasteiger charge is -2.25. The fourth-order valence-electron chi connectivity index (χ4n) is 2.53. The summed E-state index contributed by atoms with van der Waals surface area (Å²) in [6, 6.07) is 6.31. The van der Waals surface area contributed by atoms with Crippen molar-refractivity contribution in [3.63, 3.8) is 0 Å². The van der Waals surface area contributed by atoms with E-state index in [1.165, 1.54) is 17.4 Å². The summed E-state index contributed by atoms with van der Waals surface area (Å²) in [6.07, 6.45) is 1.06. The fourth-order valence-corrected chi connectivity index (χ4v) is 3.78. The van der Waals surface area contributed by atoms with E-state index in [1.54, 1.807) is 18.2 Å². The Kier molecular flexibility index (Phi) is 5.87. The summed E-state index contributed by atoms with van der Waals surface area (Å²) in [5.74, 6) is -0.338. The highest BCUT2D eigenvalue weighted by atomic mass is 32.2. The van der Waals surface area contributed by atoms with Gasteiger partial charge >= 0.3 is 0 Å². The first-order valence-corrected chi connectivity index (χ1v) is 10.8. The van der Waals surface area contributed by atoms with Gasteiger partial charge in [0.1, 0.15) is 0 Å². The number of anilines is 2. The molecule has 0 unspecified atom stereocenters. The van der Waals surface area contributed by atoms with Crippen LogP contribution in [0.2, 0.25) is 0 Å². The number of morpholine rings is 1. The smallest absolute Gasteiger partial charge is 0.257 e. The van der Waals surface area contributed by atoms with Crippen molar-refractivity contribution in [2.75, 3.05) is 42.6 Å². The third-order valence-electron chi connectivity index (χ3n) is 3.69. The summed E-state index contributed by atoms with van der Waals surface area (Å²) in [6.45, 7) is 3.93. The molecule has 0 aliphatic carbocycles. The van der Waals surface area contributed by atoms with E-state index in [9.17, 15) is 13.2 Å². The van der Waals surface area contributed by atoms with Crippen LogP contribution in [-0.2, 0) is 21.3 Å². The maximum atomic E-state index is 12.4. The molecule has 1 saturated heterocycles. The van der Waals surface area contributed by atoms with Crippen molar-refractivity contribution < 1.29 is 17.9 Å². The molecule has 26 heavy (non-hydrogen) atoms. The van der Waals surface area contributed by atoms with Gasteiger partial charge in [-0.2, -0.15) is 0 Å². The predicted molar refractivity (Wildman–Crippen MR) is 101 cm³/mol. The maximum Gasteiger partial charge on any atom is 0.257 e. The summed E-state index contributed by atoms with van der Waals surface area (Å²) < 4.78 is 30.3. The average Bonchev–Trinajstić information content (AvgIpc) is 3.01. The third-order valence-corrected chi connectivity index (χ3v) is 5.10. The number of rotatable bonds is 6. The van der Waals surface area contributed by atoms with Gasteiger partial charge in [-0.3, -0.25) is 19.7 Å². The number of ether oxygens (including phenoxy) is 1. The van der Waals surface area contributed by atoms with Gasteiger partial charge in [-0.1, -0.05) is 6.07 Å². The van der Waals surface area contributed by atoms with Crippen molar-refractivity contribution in [1.82, 2.24) is 9.88 Å². The van der Waals surface area contributed by atoms with Crippen LogP contribution in [0.15, 0.2) is 29.6 Å². The van der Waals surface area contributed by atoms with Crippen LogP contribution in [0.1, 0.15) is 16.1 Å². The molecule has 1 aromatic heterocycles. The SMILES string of the molecule is CS(=O)(=O)Nc1cccc(C(=O)Nc2nc(CN3CCOCC3)cs2)c1. The van der Waals surface area contributed by atoms with Crippen molar-refractivity contribution >= 4 is 38.1 Å². The van der Waals surface area contributed by atoms with Crippen LogP contribution in [0.25, 0.3) is 0 Å². The Bertz CT molecular complexity index is 876. The second-order valence-electron chi connectivity index (χ2n) is 5.94. The number of carbonyl (C=O) groups excluding carboxylic acids is 1. The van der Waals surface area contributed by atoms with E-state index in [-0.39, 0.29) is 5.91 Å². The molecule has 0 saturated carbocycles. The Balaban J connectivity index is 1.62. The lowest BCUT2D eigenvalue weighted by molar-refractivity contribution is 0.0337. The van der Waals surface area contributed by atoms with Gasteiger partial charge in [0.2, 0.25) is 10.0 Å². The number of hydrogen-bond acceptors (Lipinski definition) is 7. The van der Waals surface area contributed by atoms with Gasteiger partial charge < -0.3 is 4.74 Å². The van der Waals surface area contributed by atoms with E-state index in [0.717, 1.165) is 44.8 Å². The first kappa shape index (κ1) is 18.8. The first-order valence-electron chi connectivity index (χ1n) is 8.03. The Hall–Kier alpha value is -2.01. The van der Waals surface area contributed by atoms with Crippen LogP contribution >= 0.6 is 11.3 Å². The Labute approximate surface area is 156 Å². The quantitative estimate of drug-likeness (QED) is 0.769. The molecule has 0 atom stereocenters. The van der Waals surface area contributed by atoms with Crippen LogP contribution in [0.4, 0.5) is 10.8 Å². The molecule has 1 aliphatic rings. The zero-order chi connectivity index (χ0) is 18.6. The Morgan fingerprint density at radius 2 is 2.12 bits per heavy atom. The number of nitrogens with one attached hydrogen (secondary N) is 2. The van der Waals surface area contributed by atoms with Gasteiger partial charge in [0.15, 0.2) is 5.13 Å². The average molecular weight is 396 g/mol. The van der Waals surface area contributed by atoms with E-state index < -0.39 is 10.0 Å². The van der Waals surface area contributed by atoms with Gasteiger partial charge in [-0.05, 0) is 18.2 Å². The number of aromatic nitrogens is 1. The monoisotopic (exact) mass is 396 g/mol. The second kappa shape index (κ2) is 8.12. The van der Waals surface area contributed by atoms with Gasteiger partial charge in [-0.25, -0.2) is 13.4 Å². The number of benzene rings is 1. The summed E-state index contributed by atoms with van der Waals surface area (Å²) in [5, 5.41) is 5.19. The molecule has 0 radical (unpaired) electrons. The molecule has 2 heterocycles. The van der Waals surface area contributed by atoms with Crippen LogP contribution in [0.5, 0.6) is 0 Å². The molecule has 1 aliphatic heterocycles. The van der Waals surface area contributed by atoms with E-state index in [0.29, 0.717) is 16.4 Å². The van der Waals surface area contributed by atoms with Gasteiger partial charge in [0.05, 0.1) is 25.2 Å². The van der Waals surface area contributed by atoms with Gasteiger partial charge in [0.25, 0.3) is 5.91 Å². The number of sulfonamides is 1. The van der Waals surface area contributed by atoms with Crippen molar-refractivity contribution in [1.29, 1.82) is 0 Å². The maximum absolute atomic E-state index is 12.4. The predicted octanol–water partition coefficient (Wildman–Crippen LogP) is 1.60. The molecule has 1 aromatic carbocycles. The Morgan fingerprint density at radius 3 is 2.85 bits per heavy atom. The normalized spacial score (nSPS) is 15.6. The largest absolute Gasteiger partial charge is 0.379 e. The molecule has 8 nitrogen and oxygen atoms in total. The molecule has 2 N–H and O–H groups in total. The number of nitrogens with zero attached hydrogens (tertiary/aromatic N) is 2. The van der Waals surface area contributed by atoms with Crippen molar-refractivity contribution in [3.05, 3.63) is 40.9 Å². The third kappa shape index (κ3) is 5.49. The van der Waals surface area contributed by atoms with Gasteiger partial charge in [0, 0.05) is 36.3 Å². The lowest BCUT2D eigenvalue weighted by atomic mass is 10.2. The zero-order valence-corrected chi connectivity index (χ0v) is 15.9. The van der Waals surface area contributed by atoms with E-state index in [1.807, 2.05) is 5.38 Å². The number of hydrogen-bond donors (Lipinski definition) is 2.